The second-order valence-electron chi connectivity index (χ2n) is 4.21. The van der Waals surface area contributed by atoms with Gasteiger partial charge >= 0.3 is 0 Å². The summed E-state index contributed by atoms with van der Waals surface area (Å²) in [6.45, 7) is 0.136. The van der Waals surface area contributed by atoms with Crippen LogP contribution in [0.15, 0.2) is 47.7 Å². The van der Waals surface area contributed by atoms with Crippen LogP contribution in [0.25, 0.3) is 5.52 Å². The molecule has 1 aromatic carbocycles. The number of nitrogen functional groups attached to an aromatic ring is 1. The first-order valence-electron chi connectivity index (χ1n) is 5.72. The zero-order chi connectivity index (χ0) is 13.4. The van der Waals surface area contributed by atoms with E-state index >= 15 is 0 Å². The molecule has 19 heavy (non-hydrogen) atoms. The number of fused-ring (bicyclic) bond motifs is 1. The van der Waals surface area contributed by atoms with Crippen molar-refractivity contribution in [3.05, 3.63) is 64.6 Å². The highest BCUT2D eigenvalue weighted by atomic mass is 19.1. The van der Waals surface area contributed by atoms with Crippen LogP contribution in [0.2, 0.25) is 0 Å². The van der Waals surface area contributed by atoms with Crippen molar-refractivity contribution in [2.24, 2.45) is 0 Å². The predicted octanol–water partition coefficient (Wildman–Crippen LogP) is 1.27. The summed E-state index contributed by atoms with van der Waals surface area (Å²) in [5, 5.41) is 3.97. The second-order valence-corrected chi connectivity index (χ2v) is 4.21. The number of nitrogens with two attached hydrogens (primary N) is 1. The van der Waals surface area contributed by atoms with Gasteiger partial charge in [-0.3, -0.25) is 4.79 Å². The quantitative estimate of drug-likeness (QED) is 0.704. The molecule has 2 N–H and O–H groups in total. The number of anilines is 1. The van der Waals surface area contributed by atoms with Gasteiger partial charge in [0, 0.05) is 18.0 Å². The van der Waals surface area contributed by atoms with Crippen molar-refractivity contribution in [2.45, 2.75) is 6.54 Å². The zero-order valence-corrected chi connectivity index (χ0v) is 9.95. The van der Waals surface area contributed by atoms with Crippen molar-refractivity contribution in [1.29, 1.82) is 0 Å². The molecule has 0 fully saturated rings. The van der Waals surface area contributed by atoms with E-state index in [9.17, 15) is 9.18 Å². The maximum atomic E-state index is 13.8. The molecule has 0 bridgehead atoms. The summed E-state index contributed by atoms with van der Waals surface area (Å²) in [5.74, 6) is -0.484. The van der Waals surface area contributed by atoms with Crippen LogP contribution in [0.1, 0.15) is 5.56 Å². The lowest BCUT2D eigenvalue weighted by Crippen LogP contribution is -2.22. The average Bonchev–Trinajstić information content (AvgIpc) is 2.87. The van der Waals surface area contributed by atoms with Gasteiger partial charge in [-0.05, 0) is 12.1 Å². The predicted molar refractivity (Wildman–Crippen MR) is 69.4 cm³/mol. The molecule has 0 spiro atoms. The molecule has 0 saturated heterocycles. The normalized spacial score (nSPS) is 11.0. The summed E-state index contributed by atoms with van der Waals surface area (Å²) in [7, 11) is 0. The van der Waals surface area contributed by atoms with Crippen molar-refractivity contribution in [3.8, 4) is 0 Å². The maximum absolute atomic E-state index is 13.8. The fourth-order valence-corrected chi connectivity index (χ4v) is 1.99. The second kappa shape index (κ2) is 4.24. The van der Waals surface area contributed by atoms with Gasteiger partial charge in [0.05, 0.1) is 18.4 Å². The minimum Gasteiger partial charge on any atom is -0.396 e. The molecule has 0 radical (unpaired) electrons. The first kappa shape index (κ1) is 11.5. The van der Waals surface area contributed by atoms with Gasteiger partial charge < -0.3 is 10.3 Å². The highest BCUT2D eigenvalue weighted by Gasteiger charge is 2.08. The zero-order valence-electron chi connectivity index (χ0n) is 9.95. The van der Waals surface area contributed by atoms with E-state index in [1.54, 1.807) is 36.8 Å². The number of halogens is 1. The van der Waals surface area contributed by atoms with Gasteiger partial charge in [-0.1, -0.05) is 12.1 Å². The van der Waals surface area contributed by atoms with E-state index in [2.05, 4.69) is 5.10 Å². The maximum Gasteiger partial charge on any atom is 0.276 e. The van der Waals surface area contributed by atoms with E-state index in [0.717, 1.165) is 0 Å². The Bertz CT molecular complexity index is 806. The van der Waals surface area contributed by atoms with Gasteiger partial charge in [0.1, 0.15) is 5.52 Å². The van der Waals surface area contributed by atoms with Crippen molar-refractivity contribution in [2.75, 3.05) is 5.73 Å². The number of hydrogen-bond donors (Lipinski definition) is 1. The summed E-state index contributed by atoms with van der Waals surface area (Å²) in [6.07, 6.45) is 4.77. The molecule has 0 aliphatic carbocycles. The van der Waals surface area contributed by atoms with Crippen LogP contribution < -0.4 is 11.3 Å². The lowest BCUT2D eigenvalue weighted by Gasteiger charge is -2.08. The molecule has 5 nitrogen and oxygen atoms in total. The van der Waals surface area contributed by atoms with Crippen LogP contribution in [0.4, 0.5) is 10.1 Å². The van der Waals surface area contributed by atoms with E-state index in [1.165, 1.54) is 15.1 Å². The number of rotatable bonds is 2. The van der Waals surface area contributed by atoms with Crippen molar-refractivity contribution in [1.82, 2.24) is 14.2 Å². The topological polar surface area (TPSA) is 65.3 Å². The number of nitrogens with zero attached hydrogens (tertiary/aromatic N) is 3. The highest BCUT2D eigenvalue weighted by Crippen LogP contribution is 2.15. The van der Waals surface area contributed by atoms with Crippen LogP contribution >= 0.6 is 0 Å². The van der Waals surface area contributed by atoms with Crippen molar-refractivity contribution in [3.63, 3.8) is 0 Å². The molecule has 3 aromatic rings. The summed E-state index contributed by atoms with van der Waals surface area (Å²) < 4.78 is 16.7. The van der Waals surface area contributed by atoms with Gasteiger partial charge in [-0.25, -0.2) is 8.91 Å². The Morgan fingerprint density at radius 3 is 2.95 bits per heavy atom. The Kier molecular flexibility index (Phi) is 2.56. The summed E-state index contributed by atoms with van der Waals surface area (Å²) in [6, 6.07) is 6.38. The fraction of sp³-hybridized carbons (Fsp3) is 0.0769. The number of benzene rings is 1. The largest absolute Gasteiger partial charge is 0.396 e. The van der Waals surface area contributed by atoms with E-state index in [1.807, 2.05) is 0 Å². The molecule has 0 saturated carbocycles. The van der Waals surface area contributed by atoms with E-state index in [0.29, 0.717) is 11.1 Å². The molecule has 0 unspecified atom stereocenters. The third kappa shape index (κ3) is 1.87. The van der Waals surface area contributed by atoms with E-state index < -0.39 is 5.82 Å². The Labute approximate surface area is 107 Å². The van der Waals surface area contributed by atoms with Gasteiger partial charge in [-0.15, -0.1) is 0 Å². The average molecular weight is 258 g/mol. The van der Waals surface area contributed by atoms with E-state index in [4.69, 9.17) is 5.73 Å². The molecule has 0 atom stereocenters. The highest BCUT2D eigenvalue weighted by molar-refractivity contribution is 5.44. The van der Waals surface area contributed by atoms with Crippen molar-refractivity contribution < 1.29 is 4.39 Å². The molecule has 0 amide bonds. The standard InChI is InChI=1S/C13H11FN4O/c14-12-9(2-1-3-10(12)15)8-17-6-7-18-11(13(17)19)4-5-16-18/h1-7H,8,15H2. The van der Waals surface area contributed by atoms with Crippen LogP contribution in [0.3, 0.4) is 0 Å². The third-order valence-electron chi connectivity index (χ3n) is 2.99. The monoisotopic (exact) mass is 258 g/mol. The number of aromatic nitrogens is 3. The Hall–Kier alpha value is -2.63. The van der Waals surface area contributed by atoms with Gasteiger partial charge in [0.25, 0.3) is 5.56 Å². The smallest absolute Gasteiger partial charge is 0.276 e. The minimum atomic E-state index is -0.484. The molecule has 2 heterocycles. The van der Waals surface area contributed by atoms with Gasteiger partial charge in [0.2, 0.25) is 0 Å². The van der Waals surface area contributed by atoms with Crippen molar-refractivity contribution >= 4 is 11.2 Å². The Balaban J connectivity index is 2.08. The van der Waals surface area contributed by atoms with Crippen LogP contribution in [0, 0.1) is 5.82 Å². The molecular formula is C13H11FN4O. The molecule has 2 aromatic heterocycles. The van der Waals surface area contributed by atoms with E-state index in [-0.39, 0.29) is 17.8 Å². The van der Waals surface area contributed by atoms with Crippen LogP contribution in [0.5, 0.6) is 0 Å². The van der Waals surface area contributed by atoms with Crippen LogP contribution in [-0.2, 0) is 6.54 Å². The minimum absolute atomic E-state index is 0.0796. The molecule has 0 aliphatic rings. The molecule has 0 aliphatic heterocycles. The van der Waals surface area contributed by atoms with Gasteiger partial charge in [-0.2, -0.15) is 5.10 Å². The first-order chi connectivity index (χ1) is 9.16. The summed E-state index contributed by atoms with van der Waals surface area (Å²) in [4.78, 5) is 12.1. The Morgan fingerprint density at radius 2 is 2.11 bits per heavy atom. The van der Waals surface area contributed by atoms with Gasteiger partial charge in [0.15, 0.2) is 5.82 Å². The SMILES string of the molecule is Nc1cccc(Cn2ccn3nccc3c2=O)c1F. The lowest BCUT2D eigenvalue weighted by molar-refractivity contribution is 0.600. The molecular weight excluding hydrogens is 247 g/mol. The summed E-state index contributed by atoms with van der Waals surface area (Å²) in [5.41, 5.74) is 6.20. The Morgan fingerprint density at radius 1 is 1.26 bits per heavy atom. The molecule has 6 heteroatoms. The fourth-order valence-electron chi connectivity index (χ4n) is 1.99. The first-order valence-corrected chi connectivity index (χ1v) is 5.72. The molecule has 96 valence electrons. The molecule has 3 rings (SSSR count). The third-order valence-corrected chi connectivity index (χ3v) is 2.99. The number of hydrogen-bond acceptors (Lipinski definition) is 3. The van der Waals surface area contributed by atoms with Crippen LogP contribution in [-0.4, -0.2) is 14.2 Å². The summed E-state index contributed by atoms with van der Waals surface area (Å²) >= 11 is 0. The lowest BCUT2D eigenvalue weighted by atomic mass is 10.2.